The quantitative estimate of drug-likeness (QED) is 0.905. The Labute approximate surface area is 103 Å². The molecule has 2 aromatic rings. The Morgan fingerprint density at radius 1 is 1.33 bits per heavy atom. The Balaban J connectivity index is 2.54. The maximum Gasteiger partial charge on any atom is 0.375 e. The lowest BCUT2D eigenvalue weighted by Gasteiger charge is -2.07. The van der Waals surface area contributed by atoms with Gasteiger partial charge >= 0.3 is 5.97 Å². The van der Waals surface area contributed by atoms with E-state index < -0.39 is 5.97 Å². The molecule has 94 valence electrons. The van der Waals surface area contributed by atoms with E-state index in [-0.39, 0.29) is 17.6 Å². The van der Waals surface area contributed by atoms with Gasteiger partial charge in [-0.3, -0.25) is 0 Å². The zero-order valence-electron chi connectivity index (χ0n) is 9.96. The van der Waals surface area contributed by atoms with Crippen molar-refractivity contribution in [1.29, 1.82) is 0 Å². The molecular weight excluding hydrogens is 237 g/mol. The van der Waals surface area contributed by atoms with E-state index in [0.29, 0.717) is 11.5 Å². The first-order chi connectivity index (χ1) is 8.49. The molecule has 0 saturated carbocycles. The van der Waals surface area contributed by atoms with Gasteiger partial charge in [0.2, 0.25) is 0 Å². The topological polar surface area (TPSA) is 68.0 Å². The number of hydrogen-bond donors (Lipinski definition) is 1. The average molecular weight is 249 g/mol. The van der Waals surface area contributed by atoms with Crippen LogP contribution in [0.25, 0.3) is 5.69 Å². The molecule has 1 aromatic carbocycles. The summed E-state index contributed by atoms with van der Waals surface area (Å²) in [5.74, 6) is -1.26. The number of carbonyl (C=O) groups is 1. The van der Waals surface area contributed by atoms with Crippen LogP contribution in [0.5, 0.6) is 0 Å². The Morgan fingerprint density at radius 2 is 1.94 bits per heavy atom. The summed E-state index contributed by atoms with van der Waals surface area (Å²) >= 11 is 0. The number of carboxylic acids is 1. The monoisotopic (exact) mass is 249 g/mol. The maximum atomic E-state index is 12.9. The minimum atomic E-state index is -1.18. The molecule has 18 heavy (non-hydrogen) atoms. The average Bonchev–Trinajstić information content (AvgIpc) is 2.75. The summed E-state index contributed by atoms with van der Waals surface area (Å²) in [6, 6.07) is 5.65. The lowest BCUT2D eigenvalue weighted by atomic mass is 10.2. The molecule has 0 aliphatic heterocycles. The van der Waals surface area contributed by atoms with Gasteiger partial charge in [0.15, 0.2) is 0 Å². The SMILES string of the molecule is CC(C)c1nc(C(=O)O)nn1-c1ccc(F)cc1. The second-order valence-electron chi connectivity index (χ2n) is 4.14. The molecule has 5 nitrogen and oxygen atoms in total. The summed E-state index contributed by atoms with van der Waals surface area (Å²) in [4.78, 5) is 14.8. The van der Waals surface area contributed by atoms with Crippen molar-refractivity contribution in [2.24, 2.45) is 0 Å². The van der Waals surface area contributed by atoms with Crippen molar-refractivity contribution in [3.63, 3.8) is 0 Å². The van der Waals surface area contributed by atoms with E-state index >= 15 is 0 Å². The van der Waals surface area contributed by atoms with Crippen molar-refractivity contribution in [1.82, 2.24) is 14.8 Å². The van der Waals surface area contributed by atoms with Crippen LogP contribution in [-0.4, -0.2) is 25.8 Å². The highest BCUT2D eigenvalue weighted by Crippen LogP contribution is 2.17. The van der Waals surface area contributed by atoms with Gasteiger partial charge in [0.05, 0.1) is 5.69 Å². The minimum absolute atomic E-state index is 0.00986. The van der Waals surface area contributed by atoms with Crippen LogP contribution in [0.1, 0.15) is 36.2 Å². The third-order valence-corrected chi connectivity index (χ3v) is 2.41. The fraction of sp³-hybridized carbons (Fsp3) is 0.250. The molecule has 0 saturated heterocycles. The molecule has 1 heterocycles. The molecule has 0 radical (unpaired) electrons. The predicted molar refractivity (Wildman–Crippen MR) is 62.4 cm³/mol. The van der Waals surface area contributed by atoms with Crippen molar-refractivity contribution in [2.45, 2.75) is 19.8 Å². The molecule has 0 aliphatic carbocycles. The molecule has 0 unspecified atom stereocenters. The van der Waals surface area contributed by atoms with Crippen LogP contribution >= 0.6 is 0 Å². The van der Waals surface area contributed by atoms with Crippen LogP contribution in [0.3, 0.4) is 0 Å². The summed E-state index contributed by atoms with van der Waals surface area (Å²) in [6.45, 7) is 3.77. The highest BCUT2D eigenvalue weighted by Gasteiger charge is 2.18. The van der Waals surface area contributed by atoms with E-state index in [1.165, 1.54) is 28.9 Å². The van der Waals surface area contributed by atoms with Gasteiger partial charge in [-0.15, -0.1) is 5.10 Å². The molecular formula is C12H12FN3O2. The largest absolute Gasteiger partial charge is 0.475 e. The number of benzene rings is 1. The standard InChI is InChI=1S/C12H12FN3O2/c1-7(2)11-14-10(12(17)18)15-16(11)9-5-3-8(13)4-6-9/h3-7H,1-2H3,(H,17,18). The van der Waals surface area contributed by atoms with Crippen LogP contribution in [0, 0.1) is 5.82 Å². The predicted octanol–water partition coefficient (Wildman–Crippen LogP) is 2.23. The summed E-state index contributed by atoms with van der Waals surface area (Å²) in [7, 11) is 0. The summed E-state index contributed by atoms with van der Waals surface area (Å²) in [6.07, 6.45) is 0. The number of aromatic nitrogens is 3. The Morgan fingerprint density at radius 3 is 2.44 bits per heavy atom. The van der Waals surface area contributed by atoms with E-state index in [0.717, 1.165) is 0 Å². The van der Waals surface area contributed by atoms with Crippen LogP contribution < -0.4 is 0 Å². The fourth-order valence-electron chi connectivity index (χ4n) is 1.56. The van der Waals surface area contributed by atoms with Crippen molar-refractivity contribution in [3.05, 3.63) is 41.7 Å². The van der Waals surface area contributed by atoms with Gasteiger partial charge in [-0.2, -0.15) is 0 Å². The summed E-state index contributed by atoms with van der Waals surface area (Å²) in [5.41, 5.74) is 0.583. The summed E-state index contributed by atoms with van der Waals surface area (Å²) in [5, 5.41) is 12.8. The molecule has 2 rings (SSSR count). The van der Waals surface area contributed by atoms with Crippen molar-refractivity contribution < 1.29 is 14.3 Å². The Hall–Kier alpha value is -2.24. The van der Waals surface area contributed by atoms with Crippen LogP contribution in [0.15, 0.2) is 24.3 Å². The van der Waals surface area contributed by atoms with Gasteiger partial charge in [0.25, 0.3) is 5.82 Å². The van der Waals surface area contributed by atoms with Crippen LogP contribution in [0.4, 0.5) is 4.39 Å². The van der Waals surface area contributed by atoms with Gasteiger partial charge in [-0.05, 0) is 24.3 Å². The lowest BCUT2D eigenvalue weighted by molar-refractivity contribution is 0.0683. The van der Waals surface area contributed by atoms with Crippen molar-refractivity contribution in [2.75, 3.05) is 0 Å². The first-order valence-corrected chi connectivity index (χ1v) is 5.45. The third kappa shape index (κ3) is 2.22. The van der Waals surface area contributed by atoms with Gasteiger partial charge in [-0.1, -0.05) is 13.8 Å². The number of rotatable bonds is 3. The van der Waals surface area contributed by atoms with Crippen LogP contribution in [0.2, 0.25) is 0 Å². The van der Waals surface area contributed by atoms with E-state index in [2.05, 4.69) is 10.1 Å². The highest BCUT2D eigenvalue weighted by atomic mass is 19.1. The van der Waals surface area contributed by atoms with E-state index in [4.69, 9.17) is 5.11 Å². The van der Waals surface area contributed by atoms with Gasteiger partial charge in [-0.25, -0.2) is 18.9 Å². The molecule has 0 amide bonds. The lowest BCUT2D eigenvalue weighted by Crippen LogP contribution is -2.05. The highest BCUT2D eigenvalue weighted by molar-refractivity contribution is 5.83. The fourth-order valence-corrected chi connectivity index (χ4v) is 1.56. The molecule has 6 heteroatoms. The molecule has 0 spiro atoms. The van der Waals surface area contributed by atoms with Crippen LogP contribution in [-0.2, 0) is 0 Å². The first-order valence-electron chi connectivity index (χ1n) is 5.45. The number of hydrogen-bond acceptors (Lipinski definition) is 3. The maximum absolute atomic E-state index is 12.9. The number of carboxylic acid groups (broad SMARTS) is 1. The molecule has 0 aliphatic rings. The van der Waals surface area contributed by atoms with Gasteiger partial charge < -0.3 is 5.11 Å². The van der Waals surface area contributed by atoms with E-state index in [9.17, 15) is 9.18 Å². The molecule has 0 atom stereocenters. The number of nitrogens with zero attached hydrogens (tertiary/aromatic N) is 3. The van der Waals surface area contributed by atoms with Crippen molar-refractivity contribution in [3.8, 4) is 5.69 Å². The zero-order chi connectivity index (χ0) is 13.3. The van der Waals surface area contributed by atoms with E-state index in [1.54, 1.807) is 0 Å². The van der Waals surface area contributed by atoms with Gasteiger partial charge in [0.1, 0.15) is 11.6 Å². The molecule has 1 aromatic heterocycles. The molecule has 0 fully saturated rings. The normalized spacial score (nSPS) is 10.9. The molecule has 0 bridgehead atoms. The third-order valence-electron chi connectivity index (χ3n) is 2.41. The number of halogens is 1. The molecule has 1 N–H and O–H groups in total. The van der Waals surface area contributed by atoms with Gasteiger partial charge in [0, 0.05) is 5.92 Å². The minimum Gasteiger partial charge on any atom is -0.475 e. The van der Waals surface area contributed by atoms with E-state index in [1.807, 2.05) is 13.8 Å². The second kappa shape index (κ2) is 4.56. The Bertz CT molecular complexity index is 576. The zero-order valence-corrected chi connectivity index (χ0v) is 9.96. The first kappa shape index (κ1) is 12.2. The number of aromatic carboxylic acids is 1. The smallest absolute Gasteiger partial charge is 0.375 e. The van der Waals surface area contributed by atoms with Crippen molar-refractivity contribution >= 4 is 5.97 Å². The summed E-state index contributed by atoms with van der Waals surface area (Å²) < 4.78 is 14.3. The Kier molecular flexibility index (Phi) is 3.10. The second-order valence-corrected chi connectivity index (χ2v) is 4.14.